The topological polar surface area (TPSA) is 85.4 Å². The van der Waals surface area contributed by atoms with Crippen molar-refractivity contribution in [2.75, 3.05) is 61.8 Å². The molecule has 0 atom stereocenters. The Morgan fingerprint density at radius 3 is 2.47 bits per heavy atom. The van der Waals surface area contributed by atoms with E-state index < -0.39 is 0 Å². The van der Waals surface area contributed by atoms with E-state index >= 15 is 0 Å². The number of benzene rings is 1. The van der Waals surface area contributed by atoms with Gasteiger partial charge in [0.05, 0.1) is 0 Å². The summed E-state index contributed by atoms with van der Waals surface area (Å²) in [6, 6.07) is 8.54. The molecule has 1 aliphatic heterocycles. The molecule has 3 N–H and O–H groups in total. The van der Waals surface area contributed by atoms with Crippen LogP contribution < -0.4 is 20.9 Å². The fourth-order valence-electron chi connectivity index (χ4n) is 4.56. The van der Waals surface area contributed by atoms with Gasteiger partial charge in [-0.25, -0.2) is 4.98 Å². The van der Waals surface area contributed by atoms with Gasteiger partial charge in [0.25, 0.3) is 0 Å². The molecule has 8 nitrogen and oxygen atoms in total. The average molecular weight is 464 g/mol. The number of hydrogen-bond acceptors (Lipinski definition) is 7. The maximum atomic E-state index is 12.0. The van der Waals surface area contributed by atoms with Crippen molar-refractivity contribution in [3.8, 4) is 0 Å². The number of aromatic nitrogens is 2. The number of carbonyl (C=O) groups is 1. The van der Waals surface area contributed by atoms with Gasteiger partial charge in [0.15, 0.2) is 0 Å². The van der Waals surface area contributed by atoms with Crippen LogP contribution in [0.25, 0.3) is 0 Å². The van der Waals surface area contributed by atoms with Gasteiger partial charge in [0.2, 0.25) is 11.9 Å². The van der Waals surface area contributed by atoms with Crippen LogP contribution in [0.15, 0.2) is 30.5 Å². The number of likely N-dealkylation sites (N-methyl/N-ethyl adjacent to an activating group) is 1. The molecule has 0 spiro atoms. The lowest BCUT2D eigenvalue weighted by Gasteiger charge is -2.34. The van der Waals surface area contributed by atoms with Gasteiger partial charge in [-0.1, -0.05) is 6.42 Å². The highest BCUT2D eigenvalue weighted by molar-refractivity contribution is 5.79. The van der Waals surface area contributed by atoms with Gasteiger partial charge in [-0.2, -0.15) is 4.98 Å². The first-order valence-corrected chi connectivity index (χ1v) is 12.8. The molecule has 0 radical (unpaired) electrons. The Kier molecular flexibility index (Phi) is 7.13. The molecular formula is C26H37N7O. The van der Waals surface area contributed by atoms with Gasteiger partial charge in [-0.3, -0.25) is 4.79 Å². The molecule has 2 aromatic rings. The molecule has 182 valence electrons. The summed E-state index contributed by atoms with van der Waals surface area (Å²) in [5, 5.41) is 9.92. The summed E-state index contributed by atoms with van der Waals surface area (Å²) in [4.78, 5) is 26.2. The van der Waals surface area contributed by atoms with Gasteiger partial charge in [0.1, 0.15) is 5.82 Å². The molecule has 1 saturated heterocycles. The Morgan fingerprint density at radius 1 is 1.03 bits per heavy atom. The molecule has 34 heavy (non-hydrogen) atoms. The van der Waals surface area contributed by atoms with Crippen molar-refractivity contribution in [1.82, 2.24) is 20.2 Å². The van der Waals surface area contributed by atoms with E-state index in [2.05, 4.69) is 62.0 Å². The maximum absolute atomic E-state index is 12.0. The van der Waals surface area contributed by atoms with Crippen molar-refractivity contribution in [3.05, 3.63) is 36.0 Å². The van der Waals surface area contributed by atoms with Crippen LogP contribution in [0.5, 0.6) is 0 Å². The molecule has 0 bridgehead atoms. The summed E-state index contributed by atoms with van der Waals surface area (Å²) in [5.41, 5.74) is 3.45. The van der Waals surface area contributed by atoms with Crippen molar-refractivity contribution in [1.29, 1.82) is 0 Å². The predicted molar refractivity (Wildman–Crippen MR) is 137 cm³/mol. The van der Waals surface area contributed by atoms with Gasteiger partial charge >= 0.3 is 0 Å². The van der Waals surface area contributed by atoms with E-state index in [1.54, 1.807) is 0 Å². The number of carbonyl (C=O) groups excluding carboxylic acids is 1. The lowest BCUT2D eigenvalue weighted by atomic mass is 9.85. The lowest BCUT2D eigenvalue weighted by molar-refractivity contribution is -0.127. The van der Waals surface area contributed by atoms with Crippen LogP contribution in [0.2, 0.25) is 0 Å². The van der Waals surface area contributed by atoms with Crippen molar-refractivity contribution in [2.24, 2.45) is 5.92 Å². The second kappa shape index (κ2) is 10.6. The Labute approximate surface area is 202 Å². The molecule has 1 aromatic carbocycles. The van der Waals surface area contributed by atoms with Crippen molar-refractivity contribution in [2.45, 2.75) is 44.4 Å². The Bertz CT molecular complexity index is 964. The predicted octanol–water partition coefficient (Wildman–Crippen LogP) is 3.57. The fourth-order valence-corrected chi connectivity index (χ4v) is 4.56. The van der Waals surface area contributed by atoms with Crippen LogP contribution in [0, 0.1) is 5.92 Å². The second-order valence-corrected chi connectivity index (χ2v) is 9.93. The summed E-state index contributed by atoms with van der Waals surface area (Å²) in [5.74, 6) is 2.56. The summed E-state index contributed by atoms with van der Waals surface area (Å²) >= 11 is 0. The Morgan fingerprint density at radius 2 is 1.79 bits per heavy atom. The standard InChI is InChI=1S/C26H37N7O/c1-32-14-16-33(17-15-32)22-10-8-21(9-11-22)30-26-29-18-23(19-6-7-19)24(31-26)27-12-3-13-28-25(34)20-4-2-5-20/h8-11,18-20H,2-7,12-17H2,1H3,(H,28,34)(H2,27,29,30,31). The van der Waals surface area contributed by atoms with Crippen LogP contribution >= 0.6 is 0 Å². The number of rotatable bonds is 10. The number of nitrogens with one attached hydrogen (secondary N) is 3. The highest BCUT2D eigenvalue weighted by atomic mass is 16.1. The number of nitrogens with zero attached hydrogens (tertiary/aromatic N) is 4. The van der Waals surface area contributed by atoms with Crippen molar-refractivity contribution < 1.29 is 4.79 Å². The van der Waals surface area contributed by atoms with Crippen LogP contribution in [0.1, 0.15) is 50.0 Å². The van der Waals surface area contributed by atoms with Crippen LogP contribution in [-0.4, -0.2) is 67.1 Å². The van der Waals surface area contributed by atoms with E-state index in [0.717, 1.165) is 63.5 Å². The second-order valence-electron chi connectivity index (χ2n) is 9.93. The van der Waals surface area contributed by atoms with Crippen molar-refractivity contribution in [3.63, 3.8) is 0 Å². The molecule has 5 rings (SSSR count). The zero-order valence-corrected chi connectivity index (χ0v) is 20.2. The Hall–Kier alpha value is -2.87. The minimum Gasteiger partial charge on any atom is -0.370 e. The van der Waals surface area contributed by atoms with Crippen LogP contribution in [0.4, 0.5) is 23.1 Å². The summed E-state index contributed by atoms with van der Waals surface area (Å²) < 4.78 is 0. The summed E-state index contributed by atoms with van der Waals surface area (Å²) in [7, 11) is 2.18. The molecule has 2 saturated carbocycles. The smallest absolute Gasteiger partial charge is 0.229 e. The number of hydrogen-bond donors (Lipinski definition) is 3. The Balaban J connectivity index is 1.15. The number of anilines is 4. The minimum atomic E-state index is 0.220. The van der Waals surface area contributed by atoms with E-state index in [1.807, 2.05) is 6.20 Å². The quantitative estimate of drug-likeness (QED) is 0.465. The molecule has 2 heterocycles. The summed E-state index contributed by atoms with van der Waals surface area (Å²) in [6.45, 7) is 5.81. The zero-order valence-electron chi connectivity index (χ0n) is 20.2. The third-order valence-electron chi connectivity index (χ3n) is 7.25. The largest absolute Gasteiger partial charge is 0.370 e. The first-order valence-electron chi connectivity index (χ1n) is 12.8. The SMILES string of the molecule is CN1CCN(c2ccc(Nc3ncc(C4CC4)c(NCCCNC(=O)C4CCC4)n3)cc2)CC1. The number of amides is 1. The molecule has 1 aromatic heterocycles. The fraction of sp³-hybridized carbons (Fsp3) is 0.577. The third-order valence-corrected chi connectivity index (χ3v) is 7.25. The van der Waals surface area contributed by atoms with E-state index in [-0.39, 0.29) is 11.8 Å². The maximum Gasteiger partial charge on any atom is 0.229 e. The van der Waals surface area contributed by atoms with Gasteiger partial charge in [-0.05, 0) is 69.3 Å². The lowest BCUT2D eigenvalue weighted by Crippen LogP contribution is -2.44. The molecule has 3 aliphatic rings. The molecular weight excluding hydrogens is 426 g/mol. The summed E-state index contributed by atoms with van der Waals surface area (Å²) in [6.07, 6.45) is 8.53. The van der Waals surface area contributed by atoms with E-state index in [9.17, 15) is 4.79 Å². The third kappa shape index (κ3) is 5.78. The minimum absolute atomic E-state index is 0.220. The average Bonchev–Trinajstić information content (AvgIpc) is 3.64. The monoisotopic (exact) mass is 463 g/mol. The van der Waals surface area contributed by atoms with Crippen LogP contribution in [0.3, 0.4) is 0 Å². The molecule has 1 amide bonds. The van der Waals surface area contributed by atoms with E-state index in [0.29, 0.717) is 18.4 Å². The van der Waals surface area contributed by atoms with Gasteiger partial charge in [0, 0.05) is 68.3 Å². The first kappa shape index (κ1) is 22.9. The normalized spacial score (nSPS) is 18.9. The molecule has 8 heteroatoms. The molecule has 3 fully saturated rings. The van der Waals surface area contributed by atoms with Crippen LogP contribution in [-0.2, 0) is 4.79 Å². The van der Waals surface area contributed by atoms with Gasteiger partial charge in [-0.15, -0.1) is 0 Å². The zero-order chi connectivity index (χ0) is 23.3. The highest BCUT2D eigenvalue weighted by Gasteiger charge is 2.28. The van der Waals surface area contributed by atoms with Gasteiger partial charge < -0.3 is 25.8 Å². The van der Waals surface area contributed by atoms with Crippen molar-refractivity contribution >= 4 is 29.0 Å². The highest BCUT2D eigenvalue weighted by Crippen LogP contribution is 2.42. The molecule has 2 aliphatic carbocycles. The van der Waals surface area contributed by atoms with E-state index in [4.69, 9.17) is 4.98 Å². The van der Waals surface area contributed by atoms with E-state index in [1.165, 1.54) is 30.5 Å². The number of piperazine rings is 1. The first-order chi connectivity index (χ1) is 16.7. The molecule has 0 unspecified atom stereocenters.